The van der Waals surface area contributed by atoms with E-state index < -0.39 is 5.54 Å². The molecule has 1 aliphatic heterocycles. The predicted molar refractivity (Wildman–Crippen MR) is 122 cm³/mol. The van der Waals surface area contributed by atoms with E-state index >= 15 is 0 Å². The molecule has 0 unspecified atom stereocenters. The zero-order valence-corrected chi connectivity index (χ0v) is 19.0. The van der Waals surface area contributed by atoms with Crippen LogP contribution in [0.2, 0.25) is 5.02 Å². The van der Waals surface area contributed by atoms with Crippen LogP contribution in [0.15, 0.2) is 18.3 Å². The summed E-state index contributed by atoms with van der Waals surface area (Å²) in [6.07, 6.45) is 3.72. The van der Waals surface area contributed by atoms with Crippen LogP contribution in [0.5, 0.6) is 0 Å². The predicted octanol–water partition coefficient (Wildman–Crippen LogP) is 2.48. The van der Waals surface area contributed by atoms with Crippen molar-refractivity contribution < 1.29 is 5.11 Å². The number of benzene rings is 1. The van der Waals surface area contributed by atoms with E-state index in [0.29, 0.717) is 45.5 Å². The van der Waals surface area contributed by atoms with Crippen LogP contribution in [0, 0.1) is 22.7 Å². The number of aliphatic hydroxyl groups is 1. The van der Waals surface area contributed by atoms with Crippen molar-refractivity contribution in [2.45, 2.75) is 44.3 Å². The van der Waals surface area contributed by atoms with E-state index in [1.807, 2.05) is 13.8 Å². The standard InChI is InChI=1S/C22H22ClN9O/c1-21(2,12-33)27-9-14-5-13(7-24)6-16(17(14)23)28-20-29-19(31-11-22(31)3-4-22)18-26-10-15(8-25)32(18)30-20/h5-6,10,27,33H,3-4,9,11-12H2,1-2H3,(H,28,30). The fourth-order valence-electron chi connectivity index (χ4n) is 3.79. The lowest BCUT2D eigenvalue weighted by atomic mass is 10.1. The highest BCUT2D eigenvalue weighted by atomic mass is 35.5. The second-order valence-corrected chi connectivity index (χ2v) is 9.57. The maximum Gasteiger partial charge on any atom is 0.247 e. The van der Waals surface area contributed by atoms with Crippen molar-refractivity contribution in [3.05, 3.63) is 40.2 Å². The van der Waals surface area contributed by atoms with Gasteiger partial charge in [-0.3, -0.25) is 0 Å². The molecule has 10 nitrogen and oxygen atoms in total. The molecule has 0 radical (unpaired) electrons. The van der Waals surface area contributed by atoms with Gasteiger partial charge >= 0.3 is 0 Å². The van der Waals surface area contributed by atoms with Gasteiger partial charge in [-0.15, -0.1) is 5.10 Å². The fourth-order valence-corrected chi connectivity index (χ4v) is 4.01. The molecule has 0 amide bonds. The molecule has 5 rings (SSSR count). The molecule has 33 heavy (non-hydrogen) atoms. The van der Waals surface area contributed by atoms with Gasteiger partial charge in [0.1, 0.15) is 6.07 Å². The average Bonchev–Trinajstić information content (AvgIpc) is 3.70. The molecule has 1 aliphatic carbocycles. The number of nitrogens with zero attached hydrogens (tertiary/aromatic N) is 7. The van der Waals surface area contributed by atoms with Gasteiger partial charge in [0.05, 0.1) is 40.7 Å². The number of fused-ring (bicyclic) bond motifs is 1. The average molecular weight is 464 g/mol. The Labute approximate surface area is 195 Å². The van der Waals surface area contributed by atoms with Gasteiger partial charge in [0.15, 0.2) is 17.2 Å². The van der Waals surface area contributed by atoms with Crippen molar-refractivity contribution in [1.29, 1.82) is 10.5 Å². The molecule has 168 valence electrons. The van der Waals surface area contributed by atoms with Crippen molar-refractivity contribution in [3.8, 4) is 12.1 Å². The lowest BCUT2D eigenvalue weighted by Crippen LogP contribution is -2.42. The second-order valence-electron chi connectivity index (χ2n) is 9.19. The van der Waals surface area contributed by atoms with Gasteiger partial charge in [0.25, 0.3) is 0 Å². The van der Waals surface area contributed by atoms with Gasteiger partial charge in [0, 0.05) is 18.6 Å². The largest absolute Gasteiger partial charge is 0.394 e. The van der Waals surface area contributed by atoms with Gasteiger partial charge in [-0.2, -0.15) is 20.0 Å². The van der Waals surface area contributed by atoms with Crippen molar-refractivity contribution in [3.63, 3.8) is 0 Å². The molecule has 0 atom stereocenters. The minimum Gasteiger partial charge on any atom is -0.394 e. The molecular weight excluding hydrogens is 442 g/mol. The third-order valence-electron chi connectivity index (χ3n) is 6.14. The normalized spacial score (nSPS) is 16.0. The van der Waals surface area contributed by atoms with Gasteiger partial charge in [-0.25, -0.2) is 4.98 Å². The maximum atomic E-state index is 9.52. The van der Waals surface area contributed by atoms with E-state index in [1.54, 1.807) is 12.1 Å². The van der Waals surface area contributed by atoms with Gasteiger partial charge in [-0.05, 0) is 44.4 Å². The topological polar surface area (TPSA) is 138 Å². The molecule has 2 fully saturated rings. The van der Waals surface area contributed by atoms with Crippen molar-refractivity contribution in [1.82, 2.24) is 24.9 Å². The summed E-state index contributed by atoms with van der Waals surface area (Å²) in [5.41, 5.74) is 2.11. The Balaban J connectivity index is 1.52. The van der Waals surface area contributed by atoms with Gasteiger partial charge in [0.2, 0.25) is 5.95 Å². The van der Waals surface area contributed by atoms with Crippen LogP contribution in [0.3, 0.4) is 0 Å². The number of hydrogen-bond acceptors (Lipinski definition) is 9. The molecule has 11 heteroatoms. The Morgan fingerprint density at radius 3 is 2.70 bits per heavy atom. The summed E-state index contributed by atoms with van der Waals surface area (Å²) in [7, 11) is 0. The maximum absolute atomic E-state index is 9.52. The van der Waals surface area contributed by atoms with Crippen LogP contribution in [0.25, 0.3) is 5.65 Å². The molecule has 1 spiro atoms. The van der Waals surface area contributed by atoms with E-state index in [9.17, 15) is 15.6 Å². The van der Waals surface area contributed by atoms with E-state index in [1.165, 1.54) is 10.7 Å². The number of rotatable bonds is 7. The number of nitrogens with one attached hydrogen (secondary N) is 2. The highest BCUT2D eigenvalue weighted by Gasteiger charge is 2.62. The first-order chi connectivity index (χ1) is 15.8. The summed E-state index contributed by atoms with van der Waals surface area (Å²) in [5.74, 6) is 0.923. The smallest absolute Gasteiger partial charge is 0.247 e. The lowest BCUT2D eigenvalue weighted by molar-refractivity contribution is 0.187. The number of hydrogen-bond donors (Lipinski definition) is 3. The first kappa shape index (κ1) is 21.4. The number of nitriles is 2. The Hall–Kier alpha value is -3.44. The minimum atomic E-state index is -0.505. The number of aliphatic hydroxyl groups excluding tert-OH is 1. The van der Waals surface area contributed by atoms with E-state index in [-0.39, 0.29) is 18.1 Å². The summed E-state index contributed by atoms with van der Waals surface area (Å²) in [6, 6.07) is 7.60. The minimum absolute atomic E-state index is 0.0472. The quantitative estimate of drug-likeness (QED) is 0.451. The van der Waals surface area contributed by atoms with Crippen molar-refractivity contribution in [2.75, 3.05) is 23.4 Å². The van der Waals surface area contributed by atoms with Crippen LogP contribution in [0.4, 0.5) is 17.5 Å². The summed E-state index contributed by atoms with van der Waals surface area (Å²) >= 11 is 6.67. The molecular formula is C22H22ClN9O. The SMILES string of the molecule is CC(C)(CO)NCc1cc(C#N)cc(Nc2nc(N3CC34CC4)c3ncc(C#N)n3n2)c1Cl. The fraction of sp³-hybridized carbons (Fsp3) is 0.409. The first-order valence-electron chi connectivity index (χ1n) is 10.6. The molecule has 3 heterocycles. The number of halogens is 1. The molecule has 3 N–H and O–H groups in total. The first-order valence-corrected chi connectivity index (χ1v) is 11.0. The van der Waals surface area contributed by atoms with E-state index in [4.69, 9.17) is 11.6 Å². The Morgan fingerprint density at radius 1 is 1.27 bits per heavy atom. The van der Waals surface area contributed by atoms with Crippen LogP contribution in [-0.4, -0.2) is 48.9 Å². The van der Waals surface area contributed by atoms with Gasteiger partial charge < -0.3 is 20.6 Å². The van der Waals surface area contributed by atoms with Crippen LogP contribution < -0.4 is 15.5 Å². The molecule has 1 saturated carbocycles. The number of imidazole rings is 1. The zero-order valence-electron chi connectivity index (χ0n) is 18.2. The lowest BCUT2D eigenvalue weighted by Gasteiger charge is -2.24. The van der Waals surface area contributed by atoms with E-state index in [2.05, 4.69) is 42.7 Å². The summed E-state index contributed by atoms with van der Waals surface area (Å²) in [5, 5.41) is 39.7. The molecule has 3 aromatic rings. The Bertz CT molecular complexity index is 1350. The third-order valence-corrected chi connectivity index (χ3v) is 6.59. The second kappa shape index (κ2) is 7.56. The summed E-state index contributed by atoms with van der Waals surface area (Å²) in [6.45, 7) is 4.97. The summed E-state index contributed by atoms with van der Waals surface area (Å²) < 4.78 is 1.48. The van der Waals surface area contributed by atoms with Gasteiger partial charge in [-0.1, -0.05) is 11.6 Å². The van der Waals surface area contributed by atoms with Crippen LogP contribution in [0.1, 0.15) is 43.5 Å². The van der Waals surface area contributed by atoms with Crippen LogP contribution >= 0.6 is 11.6 Å². The van der Waals surface area contributed by atoms with Crippen molar-refractivity contribution in [2.24, 2.45) is 0 Å². The molecule has 1 saturated heterocycles. The number of anilines is 3. The molecule has 0 bridgehead atoms. The van der Waals surface area contributed by atoms with E-state index in [0.717, 1.165) is 19.4 Å². The Kier molecular flexibility index (Phi) is 4.91. The number of aromatic nitrogens is 4. The summed E-state index contributed by atoms with van der Waals surface area (Å²) in [4.78, 5) is 11.2. The third kappa shape index (κ3) is 3.83. The van der Waals surface area contributed by atoms with Crippen LogP contribution in [-0.2, 0) is 6.54 Å². The van der Waals surface area contributed by atoms with Crippen molar-refractivity contribution >= 4 is 34.7 Å². The molecule has 2 aromatic heterocycles. The Morgan fingerprint density at radius 2 is 2.06 bits per heavy atom. The highest BCUT2D eigenvalue weighted by Crippen LogP contribution is 2.56. The highest BCUT2D eigenvalue weighted by molar-refractivity contribution is 6.34. The molecule has 2 aliphatic rings. The zero-order chi connectivity index (χ0) is 23.4. The monoisotopic (exact) mass is 463 g/mol. The molecule has 1 aromatic carbocycles.